The van der Waals surface area contributed by atoms with Crippen LogP contribution < -0.4 is 4.90 Å². The number of furan rings is 1. The van der Waals surface area contributed by atoms with Crippen LogP contribution in [-0.2, 0) is 0 Å². The van der Waals surface area contributed by atoms with Gasteiger partial charge in [0.2, 0.25) is 5.71 Å². The zero-order valence-corrected chi connectivity index (χ0v) is 17.6. The van der Waals surface area contributed by atoms with Gasteiger partial charge in [-0.1, -0.05) is 32.9 Å². The van der Waals surface area contributed by atoms with E-state index in [4.69, 9.17) is 4.42 Å². The molecular weight excluding hydrogens is 332 g/mol. The molecule has 0 radical (unpaired) electrons. The van der Waals surface area contributed by atoms with E-state index in [1.165, 1.54) is 23.1 Å². The molecular formula is C24H30N2O. The van der Waals surface area contributed by atoms with Crippen LogP contribution in [0, 0.1) is 31.1 Å². The monoisotopic (exact) mass is 362 g/mol. The van der Waals surface area contributed by atoms with Gasteiger partial charge >= 0.3 is 0 Å². The van der Waals surface area contributed by atoms with Gasteiger partial charge in [0, 0.05) is 28.0 Å². The molecule has 1 aliphatic heterocycles. The molecule has 0 N–H and O–H groups in total. The fourth-order valence-electron chi connectivity index (χ4n) is 6.42. The van der Waals surface area contributed by atoms with Gasteiger partial charge in [0.25, 0.3) is 0 Å². The molecule has 2 fully saturated rings. The molecule has 2 bridgehead atoms. The van der Waals surface area contributed by atoms with E-state index < -0.39 is 0 Å². The molecule has 1 aliphatic carbocycles. The van der Waals surface area contributed by atoms with Gasteiger partial charge < -0.3 is 9.32 Å². The van der Waals surface area contributed by atoms with Crippen molar-refractivity contribution in [2.24, 2.45) is 17.3 Å². The maximum atomic E-state index is 6.40. The van der Waals surface area contributed by atoms with Crippen molar-refractivity contribution in [3.63, 3.8) is 0 Å². The minimum absolute atomic E-state index is 0.162. The first kappa shape index (κ1) is 17.1. The van der Waals surface area contributed by atoms with E-state index >= 15 is 0 Å². The highest BCUT2D eigenvalue weighted by atomic mass is 16.3. The number of hydrogen-bond donors (Lipinski definition) is 0. The van der Waals surface area contributed by atoms with Crippen molar-refractivity contribution in [2.75, 3.05) is 4.90 Å². The number of anilines is 1. The molecule has 2 aliphatic rings. The second kappa shape index (κ2) is 5.06. The lowest BCUT2D eigenvalue weighted by molar-refractivity contribution is 0.148. The summed E-state index contributed by atoms with van der Waals surface area (Å²) in [4.78, 5) is 7.35. The Morgan fingerprint density at radius 1 is 1.00 bits per heavy atom. The van der Waals surface area contributed by atoms with Crippen LogP contribution in [0.25, 0.3) is 22.1 Å². The first-order chi connectivity index (χ1) is 12.7. The summed E-state index contributed by atoms with van der Waals surface area (Å²) in [6.07, 6.45) is 1.25. The maximum absolute atomic E-state index is 6.40. The molecule has 142 valence electrons. The minimum Gasteiger partial charge on any atom is -0.436 e. The molecule has 3 heterocycles. The van der Waals surface area contributed by atoms with Crippen LogP contribution in [0.4, 0.5) is 5.69 Å². The molecule has 1 aromatic carbocycles. The summed E-state index contributed by atoms with van der Waals surface area (Å²) in [5.74, 6) is 1.38. The number of nitrogens with zero attached hydrogens (tertiary/aromatic N) is 2. The molecule has 27 heavy (non-hydrogen) atoms. The maximum Gasteiger partial charge on any atom is 0.227 e. The van der Waals surface area contributed by atoms with Crippen LogP contribution in [0.2, 0.25) is 0 Å². The summed E-state index contributed by atoms with van der Waals surface area (Å²) in [7, 11) is 0. The Morgan fingerprint density at radius 3 is 2.41 bits per heavy atom. The summed E-state index contributed by atoms with van der Waals surface area (Å²) in [5, 5.41) is 2.30. The van der Waals surface area contributed by atoms with E-state index in [2.05, 4.69) is 75.7 Å². The summed E-state index contributed by atoms with van der Waals surface area (Å²) in [5.41, 5.74) is 5.83. The number of hydrogen-bond acceptors (Lipinski definition) is 3. The van der Waals surface area contributed by atoms with Gasteiger partial charge in [-0.05, 0) is 69.1 Å². The fraction of sp³-hybridized carbons (Fsp3) is 0.542. The van der Waals surface area contributed by atoms with Crippen LogP contribution in [-0.4, -0.2) is 16.6 Å². The Balaban J connectivity index is 1.81. The molecule has 4 unspecified atom stereocenters. The number of aryl methyl sites for hydroxylation is 2. The molecule has 1 saturated carbocycles. The van der Waals surface area contributed by atoms with Crippen LogP contribution in [0.3, 0.4) is 0 Å². The van der Waals surface area contributed by atoms with Gasteiger partial charge in [-0.3, -0.25) is 0 Å². The number of rotatable bonds is 1. The fourth-order valence-corrected chi connectivity index (χ4v) is 6.42. The summed E-state index contributed by atoms with van der Waals surface area (Å²) < 4.78 is 6.40. The van der Waals surface area contributed by atoms with Gasteiger partial charge in [0.05, 0.1) is 5.69 Å². The topological polar surface area (TPSA) is 29.3 Å². The number of pyridine rings is 1. The Morgan fingerprint density at radius 2 is 1.70 bits per heavy atom. The Bertz CT molecular complexity index is 1080. The quantitative estimate of drug-likeness (QED) is 0.512. The predicted octanol–water partition coefficient (Wildman–Crippen LogP) is 6.25. The summed E-state index contributed by atoms with van der Waals surface area (Å²) >= 11 is 0. The first-order valence-electron chi connectivity index (χ1n) is 10.3. The number of piperidine rings is 1. The van der Waals surface area contributed by atoms with E-state index in [0.717, 1.165) is 28.3 Å². The van der Waals surface area contributed by atoms with Crippen LogP contribution >= 0.6 is 0 Å². The Kier molecular flexibility index (Phi) is 3.21. The normalized spacial score (nSPS) is 35.7. The highest BCUT2D eigenvalue weighted by molar-refractivity contribution is 6.08. The third-order valence-corrected chi connectivity index (χ3v) is 8.46. The van der Waals surface area contributed by atoms with E-state index in [1.807, 2.05) is 6.92 Å². The molecule has 3 nitrogen and oxygen atoms in total. The third-order valence-electron chi connectivity index (χ3n) is 8.46. The lowest BCUT2D eigenvalue weighted by atomic mass is 9.71. The molecule has 2 aromatic heterocycles. The van der Waals surface area contributed by atoms with E-state index in [-0.39, 0.29) is 5.54 Å². The van der Waals surface area contributed by atoms with E-state index in [9.17, 15) is 0 Å². The third kappa shape index (κ3) is 1.90. The molecule has 3 heteroatoms. The van der Waals surface area contributed by atoms with Gasteiger partial charge in [-0.25, -0.2) is 4.98 Å². The second-order valence-corrected chi connectivity index (χ2v) is 9.68. The van der Waals surface area contributed by atoms with Gasteiger partial charge in [-0.2, -0.15) is 0 Å². The Hall–Kier alpha value is -2.03. The Labute approximate surface area is 161 Å². The van der Waals surface area contributed by atoms with Gasteiger partial charge in [-0.15, -0.1) is 0 Å². The average molecular weight is 363 g/mol. The SMILES string of the molecule is Cc1ccc2c(n1)oc1c(N3[C@@H](C)C4(C)CC3(C)C(C)C4C)c(C)ccc12. The van der Waals surface area contributed by atoms with E-state index in [1.54, 1.807) is 0 Å². The second-order valence-electron chi connectivity index (χ2n) is 9.68. The molecule has 3 aromatic rings. The lowest BCUT2D eigenvalue weighted by Gasteiger charge is -2.51. The van der Waals surface area contributed by atoms with Crippen molar-refractivity contribution < 1.29 is 4.42 Å². The number of fused-ring (bicyclic) bond motifs is 5. The van der Waals surface area contributed by atoms with Crippen LogP contribution in [0.15, 0.2) is 28.7 Å². The van der Waals surface area contributed by atoms with E-state index in [0.29, 0.717) is 17.4 Å². The van der Waals surface area contributed by atoms with Crippen LogP contribution in [0.1, 0.15) is 52.3 Å². The van der Waals surface area contributed by atoms with Gasteiger partial charge in [0.15, 0.2) is 5.58 Å². The van der Waals surface area contributed by atoms with Crippen molar-refractivity contribution in [1.82, 2.24) is 4.98 Å². The summed E-state index contributed by atoms with van der Waals surface area (Å²) in [6.45, 7) is 16.5. The summed E-state index contributed by atoms with van der Waals surface area (Å²) in [6, 6.07) is 9.16. The van der Waals surface area contributed by atoms with Gasteiger partial charge in [0.1, 0.15) is 0 Å². The minimum atomic E-state index is 0.162. The van der Waals surface area contributed by atoms with Crippen molar-refractivity contribution >= 4 is 27.8 Å². The molecule has 0 amide bonds. The predicted molar refractivity (Wildman–Crippen MR) is 112 cm³/mol. The molecule has 1 saturated heterocycles. The van der Waals surface area contributed by atoms with Crippen molar-refractivity contribution in [3.05, 3.63) is 35.5 Å². The highest BCUT2D eigenvalue weighted by Crippen LogP contribution is 2.65. The number of benzene rings is 1. The highest BCUT2D eigenvalue weighted by Gasteiger charge is 2.66. The van der Waals surface area contributed by atoms with Crippen molar-refractivity contribution in [2.45, 2.75) is 66.5 Å². The smallest absolute Gasteiger partial charge is 0.227 e. The first-order valence-corrected chi connectivity index (χ1v) is 10.3. The molecule has 5 atom stereocenters. The largest absolute Gasteiger partial charge is 0.436 e. The average Bonchev–Trinajstić information content (AvgIpc) is 3.13. The standard InChI is InChI=1S/C24H30N2O/c1-13-8-10-18-19-11-9-14(2)25-22(19)27-21(18)20(13)26-17(5)23(6)12-24(26,7)16(4)15(23)3/h8-11,15-17H,12H2,1-7H3/t15?,16?,17-,23?,24?/m0/s1. The lowest BCUT2D eigenvalue weighted by Crippen LogP contribution is -2.56. The zero-order valence-electron chi connectivity index (χ0n) is 17.6. The van der Waals surface area contributed by atoms with Crippen LogP contribution in [0.5, 0.6) is 0 Å². The zero-order chi connectivity index (χ0) is 19.3. The molecule has 5 rings (SSSR count). The van der Waals surface area contributed by atoms with Crippen molar-refractivity contribution in [3.8, 4) is 0 Å². The number of aromatic nitrogens is 1. The molecule has 0 spiro atoms. The van der Waals surface area contributed by atoms with Crippen molar-refractivity contribution in [1.29, 1.82) is 0 Å².